The molecule has 0 atom stereocenters. The summed E-state index contributed by atoms with van der Waals surface area (Å²) in [4.78, 5) is 7.79. The predicted octanol–water partition coefficient (Wildman–Crippen LogP) is 2.81. The van der Waals surface area contributed by atoms with E-state index in [1.807, 2.05) is 30.3 Å². The Hall–Kier alpha value is -1.85. The molecule has 1 aromatic heterocycles. The van der Waals surface area contributed by atoms with Crippen molar-refractivity contribution in [1.29, 1.82) is 0 Å². The van der Waals surface area contributed by atoms with Gasteiger partial charge >= 0.3 is 0 Å². The number of aromatic nitrogens is 2. The first-order valence-electron chi connectivity index (χ1n) is 4.99. The number of hydrogen-bond acceptors (Lipinski definition) is 5. The maximum absolute atomic E-state index is 5.74. The molecular formula is C11H9Cl2N5. The van der Waals surface area contributed by atoms with Gasteiger partial charge in [-0.05, 0) is 12.1 Å². The summed E-state index contributed by atoms with van der Waals surface area (Å²) in [6, 6.07) is 9.45. The Morgan fingerprint density at radius 1 is 1.11 bits per heavy atom. The number of nitrogens with one attached hydrogen (secondary N) is 1. The van der Waals surface area contributed by atoms with E-state index in [2.05, 4.69) is 20.5 Å². The standard InChI is InChI=1S/C11H9Cl2N5/c12-9-10(13)17-11(14)8(16-9)6-15-18-7-4-2-1-3-5-7/h1-6,18H,(H2,14,17)/b15-6+. The minimum Gasteiger partial charge on any atom is -0.382 e. The molecule has 7 heteroatoms. The third kappa shape index (κ3) is 3.09. The fourth-order valence-electron chi connectivity index (χ4n) is 1.19. The molecule has 0 radical (unpaired) electrons. The summed E-state index contributed by atoms with van der Waals surface area (Å²) in [5.41, 5.74) is 9.66. The molecule has 92 valence electrons. The molecule has 18 heavy (non-hydrogen) atoms. The van der Waals surface area contributed by atoms with Gasteiger partial charge in [0.15, 0.2) is 16.1 Å². The van der Waals surface area contributed by atoms with Gasteiger partial charge in [-0.15, -0.1) is 0 Å². The quantitative estimate of drug-likeness (QED) is 0.670. The zero-order valence-corrected chi connectivity index (χ0v) is 10.7. The number of nitrogens with zero attached hydrogens (tertiary/aromatic N) is 3. The van der Waals surface area contributed by atoms with E-state index in [-0.39, 0.29) is 16.1 Å². The van der Waals surface area contributed by atoms with Gasteiger partial charge in [0.25, 0.3) is 0 Å². The minimum absolute atomic E-state index is 0.0716. The molecule has 0 aliphatic heterocycles. The third-order valence-corrected chi connectivity index (χ3v) is 2.65. The van der Waals surface area contributed by atoms with Crippen molar-refractivity contribution in [2.24, 2.45) is 5.10 Å². The molecule has 0 saturated heterocycles. The highest BCUT2D eigenvalue weighted by Crippen LogP contribution is 2.19. The second-order valence-electron chi connectivity index (χ2n) is 3.31. The Morgan fingerprint density at radius 2 is 1.78 bits per heavy atom. The fourth-order valence-corrected chi connectivity index (χ4v) is 1.46. The van der Waals surface area contributed by atoms with Crippen molar-refractivity contribution < 1.29 is 0 Å². The van der Waals surface area contributed by atoms with E-state index >= 15 is 0 Å². The number of rotatable bonds is 3. The van der Waals surface area contributed by atoms with Crippen LogP contribution in [0.25, 0.3) is 0 Å². The van der Waals surface area contributed by atoms with Crippen LogP contribution < -0.4 is 11.2 Å². The molecule has 0 fully saturated rings. The van der Waals surface area contributed by atoms with Crippen LogP contribution in [0.4, 0.5) is 11.5 Å². The fraction of sp³-hybridized carbons (Fsp3) is 0. The lowest BCUT2D eigenvalue weighted by Crippen LogP contribution is -2.02. The number of halogens is 2. The summed E-state index contributed by atoms with van der Waals surface area (Å²) in [6.07, 6.45) is 1.43. The van der Waals surface area contributed by atoms with E-state index in [1.165, 1.54) is 6.21 Å². The van der Waals surface area contributed by atoms with Crippen molar-refractivity contribution in [2.45, 2.75) is 0 Å². The molecule has 5 nitrogen and oxygen atoms in total. The number of hydrogen-bond donors (Lipinski definition) is 2. The lowest BCUT2D eigenvalue weighted by atomic mass is 10.3. The van der Waals surface area contributed by atoms with Gasteiger partial charge in [-0.25, -0.2) is 9.97 Å². The minimum atomic E-state index is 0.0716. The van der Waals surface area contributed by atoms with Gasteiger partial charge in [0.1, 0.15) is 5.69 Å². The lowest BCUT2D eigenvalue weighted by Gasteiger charge is -2.01. The monoisotopic (exact) mass is 281 g/mol. The highest BCUT2D eigenvalue weighted by Gasteiger charge is 2.06. The Labute approximate surface area is 114 Å². The van der Waals surface area contributed by atoms with Crippen LogP contribution in [0.15, 0.2) is 35.4 Å². The number of benzene rings is 1. The molecule has 3 N–H and O–H groups in total. The number of hydrazone groups is 1. The summed E-state index contributed by atoms with van der Waals surface area (Å²) in [5, 5.41) is 4.15. The van der Waals surface area contributed by atoms with E-state index in [9.17, 15) is 0 Å². The molecule has 2 aromatic rings. The maximum atomic E-state index is 5.74. The lowest BCUT2D eigenvalue weighted by molar-refractivity contribution is 1.19. The summed E-state index contributed by atoms with van der Waals surface area (Å²) in [6.45, 7) is 0. The molecule has 1 heterocycles. The molecule has 2 rings (SSSR count). The first kappa shape index (κ1) is 12.6. The van der Waals surface area contributed by atoms with E-state index in [1.54, 1.807) is 0 Å². The van der Waals surface area contributed by atoms with Gasteiger partial charge in [-0.1, -0.05) is 41.4 Å². The van der Waals surface area contributed by atoms with Crippen molar-refractivity contribution in [3.05, 3.63) is 46.3 Å². The van der Waals surface area contributed by atoms with Crippen LogP contribution in [0.5, 0.6) is 0 Å². The first-order valence-corrected chi connectivity index (χ1v) is 5.75. The number of para-hydroxylation sites is 1. The zero-order chi connectivity index (χ0) is 13.0. The van der Waals surface area contributed by atoms with Crippen molar-refractivity contribution in [1.82, 2.24) is 9.97 Å². The Morgan fingerprint density at radius 3 is 2.50 bits per heavy atom. The van der Waals surface area contributed by atoms with E-state index < -0.39 is 0 Å². The van der Waals surface area contributed by atoms with Crippen LogP contribution in [-0.2, 0) is 0 Å². The van der Waals surface area contributed by atoms with Crippen molar-refractivity contribution in [3.8, 4) is 0 Å². The summed E-state index contributed by atoms with van der Waals surface area (Å²) >= 11 is 11.4. The second kappa shape index (κ2) is 5.66. The van der Waals surface area contributed by atoms with Crippen LogP contribution >= 0.6 is 23.2 Å². The number of nitrogens with two attached hydrogens (primary N) is 1. The average Bonchev–Trinajstić information content (AvgIpc) is 2.37. The molecule has 0 bridgehead atoms. The highest BCUT2D eigenvalue weighted by atomic mass is 35.5. The third-order valence-electron chi connectivity index (χ3n) is 2.02. The van der Waals surface area contributed by atoms with Crippen LogP contribution in [0.2, 0.25) is 10.3 Å². The molecule has 0 saturated carbocycles. The van der Waals surface area contributed by atoms with Gasteiger partial charge < -0.3 is 5.73 Å². The molecule has 1 aromatic carbocycles. The Balaban J connectivity index is 2.12. The van der Waals surface area contributed by atoms with Crippen LogP contribution in [0, 0.1) is 0 Å². The van der Waals surface area contributed by atoms with Gasteiger partial charge in [-0.3, -0.25) is 5.43 Å². The van der Waals surface area contributed by atoms with Crippen LogP contribution in [0.1, 0.15) is 5.69 Å². The van der Waals surface area contributed by atoms with E-state index in [0.717, 1.165) is 5.69 Å². The average molecular weight is 282 g/mol. The van der Waals surface area contributed by atoms with Crippen molar-refractivity contribution in [3.63, 3.8) is 0 Å². The van der Waals surface area contributed by atoms with Gasteiger partial charge in [0.05, 0.1) is 11.9 Å². The molecule has 0 spiro atoms. The van der Waals surface area contributed by atoms with Gasteiger partial charge in [0.2, 0.25) is 0 Å². The number of nitrogen functional groups attached to an aromatic ring is 1. The summed E-state index contributed by atoms with van der Waals surface area (Å²) < 4.78 is 0. The largest absolute Gasteiger partial charge is 0.382 e. The molecular weight excluding hydrogens is 273 g/mol. The van der Waals surface area contributed by atoms with Crippen molar-refractivity contribution in [2.75, 3.05) is 11.2 Å². The van der Waals surface area contributed by atoms with Crippen molar-refractivity contribution >= 4 is 40.9 Å². The van der Waals surface area contributed by atoms with Crippen LogP contribution in [-0.4, -0.2) is 16.2 Å². The van der Waals surface area contributed by atoms with E-state index in [4.69, 9.17) is 28.9 Å². The van der Waals surface area contributed by atoms with Crippen LogP contribution in [0.3, 0.4) is 0 Å². The normalized spacial score (nSPS) is 10.8. The second-order valence-corrected chi connectivity index (χ2v) is 4.03. The molecule has 0 aliphatic carbocycles. The topological polar surface area (TPSA) is 76.2 Å². The predicted molar refractivity (Wildman–Crippen MR) is 74.1 cm³/mol. The maximum Gasteiger partial charge on any atom is 0.168 e. The first-order chi connectivity index (χ1) is 8.66. The smallest absolute Gasteiger partial charge is 0.168 e. The Bertz CT molecular complexity index is 571. The highest BCUT2D eigenvalue weighted by molar-refractivity contribution is 6.40. The molecule has 0 amide bonds. The van der Waals surface area contributed by atoms with E-state index in [0.29, 0.717) is 5.69 Å². The summed E-state index contributed by atoms with van der Waals surface area (Å²) in [7, 11) is 0. The zero-order valence-electron chi connectivity index (χ0n) is 9.14. The Kier molecular flexibility index (Phi) is 3.96. The van der Waals surface area contributed by atoms with Gasteiger partial charge in [-0.2, -0.15) is 5.10 Å². The number of anilines is 2. The van der Waals surface area contributed by atoms with Gasteiger partial charge in [0, 0.05) is 0 Å². The molecule has 0 unspecified atom stereocenters. The molecule has 0 aliphatic rings. The SMILES string of the molecule is Nc1nc(Cl)c(Cl)nc1/C=N/Nc1ccccc1. The summed E-state index contributed by atoms with van der Waals surface area (Å²) in [5.74, 6) is 0.169.